The molecular weight excluding hydrogens is 216 g/mol. The van der Waals surface area contributed by atoms with Crippen LogP contribution in [0.5, 0.6) is 0 Å². The lowest BCUT2D eigenvalue weighted by Gasteiger charge is -2.01. The van der Waals surface area contributed by atoms with Gasteiger partial charge in [0.05, 0.1) is 18.8 Å². The van der Waals surface area contributed by atoms with Gasteiger partial charge in [0.25, 0.3) is 0 Å². The molecular formula is C12H16N4O. The van der Waals surface area contributed by atoms with Gasteiger partial charge in [0.2, 0.25) is 5.91 Å². The Morgan fingerprint density at radius 1 is 1.53 bits per heavy atom. The fourth-order valence-corrected chi connectivity index (χ4v) is 1.70. The topological polar surface area (TPSA) is 58.4 Å². The summed E-state index contributed by atoms with van der Waals surface area (Å²) >= 11 is 0. The van der Waals surface area contributed by atoms with Gasteiger partial charge in [-0.15, -0.1) is 0 Å². The highest BCUT2D eigenvalue weighted by molar-refractivity contribution is 5.77. The van der Waals surface area contributed by atoms with Crippen LogP contribution in [0.4, 0.5) is 0 Å². The van der Waals surface area contributed by atoms with Crippen molar-refractivity contribution in [2.45, 2.75) is 13.5 Å². The molecule has 0 bridgehead atoms. The van der Waals surface area contributed by atoms with Crippen molar-refractivity contribution in [3.63, 3.8) is 0 Å². The molecule has 0 radical (unpaired) electrons. The highest BCUT2D eigenvalue weighted by Crippen LogP contribution is 2.09. The number of carbonyl (C=O) groups is 1. The summed E-state index contributed by atoms with van der Waals surface area (Å²) in [7, 11) is 1.74. The third-order valence-corrected chi connectivity index (χ3v) is 2.53. The van der Waals surface area contributed by atoms with Crippen molar-refractivity contribution in [3.05, 3.63) is 35.8 Å². The van der Waals surface area contributed by atoms with Crippen molar-refractivity contribution in [3.8, 4) is 0 Å². The molecule has 0 aliphatic rings. The summed E-state index contributed by atoms with van der Waals surface area (Å²) in [5.74, 6) is -0.0266. The zero-order valence-corrected chi connectivity index (χ0v) is 10.0. The molecule has 0 saturated heterocycles. The second kappa shape index (κ2) is 4.97. The molecule has 1 amide bonds. The number of imidazole rings is 1. The molecule has 0 spiro atoms. The van der Waals surface area contributed by atoms with Crippen molar-refractivity contribution in [1.82, 2.24) is 20.0 Å². The molecule has 0 saturated carbocycles. The van der Waals surface area contributed by atoms with Gasteiger partial charge in [0.1, 0.15) is 5.65 Å². The number of pyridine rings is 1. The van der Waals surface area contributed by atoms with Crippen LogP contribution in [0.25, 0.3) is 5.65 Å². The van der Waals surface area contributed by atoms with Gasteiger partial charge in [0.15, 0.2) is 0 Å². The van der Waals surface area contributed by atoms with E-state index in [9.17, 15) is 4.79 Å². The van der Waals surface area contributed by atoms with Gasteiger partial charge < -0.3 is 15.0 Å². The maximum absolute atomic E-state index is 11.3. The molecule has 0 aliphatic carbocycles. The van der Waals surface area contributed by atoms with E-state index < -0.39 is 0 Å². The van der Waals surface area contributed by atoms with Crippen molar-refractivity contribution < 1.29 is 4.79 Å². The van der Waals surface area contributed by atoms with E-state index >= 15 is 0 Å². The molecule has 2 aromatic rings. The van der Waals surface area contributed by atoms with Crippen LogP contribution in [-0.2, 0) is 11.3 Å². The highest BCUT2D eigenvalue weighted by Gasteiger charge is 2.05. The minimum absolute atomic E-state index is 0.0266. The Morgan fingerprint density at radius 2 is 2.35 bits per heavy atom. The van der Waals surface area contributed by atoms with Gasteiger partial charge in [0, 0.05) is 12.4 Å². The lowest BCUT2D eigenvalue weighted by Crippen LogP contribution is -2.31. The Hall–Kier alpha value is -1.88. The van der Waals surface area contributed by atoms with Gasteiger partial charge in [-0.2, -0.15) is 0 Å². The van der Waals surface area contributed by atoms with E-state index in [0.717, 1.165) is 16.9 Å². The number of nitrogens with zero attached hydrogens (tertiary/aromatic N) is 2. The van der Waals surface area contributed by atoms with Gasteiger partial charge in [-0.1, -0.05) is 6.07 Å². The molecule has 2 rings (SSSR count). The summed E-state index contributed by atoms with van der Waals surface area (Å²) in [6, 6.07) is 4.00. The van der Waals surface area contributed by atoms with Crippen LogP contribution >= 0.6 is 0 Å². The van der Waals surface area contributed by atoms with E-state index in [2.05, 4.69) is 15.6 Å². The fraction of sp³-hybridized carbons (Fsp3) is 0.333. The van der Waals surface area contributed by atoms with E-state index in [-0.39, 0.29) is 5.91 Å². The molecule has 17 heavy (non-hydrogen) atoms. The first-order chi connectivity index (χ1) is 8.20. The first-order valence-electron chi connectivity index (χ1n) is 5.55. The van der Waals surface area contributed by atoms with Crippen LogP contribution in [0.15, 0.2) is 24.5 Å². The monoisotopic (exact) mass is 232 g/mol. The average Bonchev–Trinajstić information content (AvgIpc) is 2.71. The molecule has 0 unspecified atom stereocenters. The normalized spacial score (nSPS) is 10.7. The number of hydrogen-bond donors (Lipinski definition) is 2. The second-order valence-electron chi connectivity index (χ2n) is 3.96. The predicted molar refractivity (Wildman–Crippen MR) is 65.7 cm³/mol. The van der Waals surface area contributed by atoms with E-state index in [4.69, 9.17) is 0 Å². The summed E-state index contributed by atoms with van der Waals surface area (Å²) in [6.45, 7) is 2.81. The zero-order chi connectivity index (χ0) is 12.3. The minimum Gasteiger partial charge on any atom is -0.349 e. The fourth-order valence-electron chi connectivity index (χ4n) is 1.70. The van der Waals surface area contributed by atoms with Crippen molar-refractivity contribution in [2.24, 2.45) is 0 Å². The third kappa shape index (κ3) is 2.62. The smallest absolute Gasteiger partial charge is 0.234 e. The number of rotatable bonds is 4. The number of carbonyl (C=O) groups excluding carboxylic acids is 1. The van der Waals surface area contributed by atoms with E-state index in [1.807, 2.05) is 35.9 Å². The van der Waals surface area contributed by atoms with Crippen LogP contribution in [0.3, 0.4) is 0 Å². The number of nitrogens with one attached hydrogen (secondary N) is 2. The zero-order valence-electron chi connectivity index (χ0n) is 10.0. The quantitative estimate of drug-likeness (QED) is 0.806. The lowest BCUT2D eigenvalue weighted by atomic mass is 10.3. The van der Waals surface area contributed by atoms with Crippen molar-refractivity contribution in [1.29, 1.82) is 0 Å². The van der Waals surface area contributed by atoms with E-state index in [1.165, 1.54) is 0 Å². The molecule has 2 N–H and O–H groups in total. The molecule has 0 aliphatic heterocycles. The van der Waals surface area contributed by atoms with Crippen LogP contribution in [0.2, 0.25) is 0 Å². The summed E-state index contributed by atoms with van der Waals surface area (Å²) in [5, 5.41) is 5.60. The van der Waals surface area contributed by atoms with Crippen LogP contribution in [0, 0.1) is 6.92 Å². The van der Waals surface area contributed by atoms with Gasteiger partial charge in [-0.05, 0) is 25.6 Å². The summed E-state index contributed by atoms with van der Waals surface area (Å²) in [4.78, 5) is 15.8. The minimum atomic E-state index is -0.0266. The average molecular weight is 232 g/mol. The first-order valence-corrected chi connectivity index (χ1v) is 5.55. The first kappa shape index (κ1) is 11.6. The summed E-state index contributed by atoms with van der Waals surface area (Å²) < 4.78 is 1.97. The van der Waals surface area contributed by atoms with Crippen LogP contribution in [0.1, 0.15) is 11.3 Å². The maximum Gasteiger partial charge on any atom is 0.234 e. The summed E-state index contributed by atoms with van der Waals surface area (Å²) in [6.07, 6.45) is 3.89. The Kier molecular flexibility index (Phi) is 3.39. The van der Waals surface area contributed by atoms with Gasteiger partial charge in [-0.3, -0.25) is 4.79 Å². The molecule has 2 heterocycles. The second-order valence-corrected chi connectivity index (χ2v) is 3.96. The molecule has 0 atom stereocenters. The predicted octanol–water partition coefficient (Wildman–Crippen LogP) is 0.478. The number of likely N-dealkylation sites (N-methyl/N-ethyl adjacent to an activating group) is 1. The number of hydrogen-bond acceptors (Lipinski definition) is 3. The summed E-state index contributed by atoms with van der Waals surface area (Å²) in [5.41, 5.74) is 2.93. The van der Waals surface area contributed by atoms with Crippen molar-refractivity contribution >= 4 is 11.6 Å². The van der Waals surface area contributed by atoms with Crippen LogP contribution < -0.4 is 10.6 Å². The number of aryl methyl sites for hydroxylation is 1. The molecule has 0 fully saturated rings. The molecule has 2 aromatic heterocycles. The SMILES string of the molecule is CNCC(=O)NCc1cn2cccc(C)c2n1. The number of fused-ring (bicyclic) bond motifs is 1. The Bertz CT molecular complexity index is 532. The van der Waals surface area contributed by atoms with E-state index in [0.29, 0.717) is 13.1 Å². The third-order valence-electron chi connectivity index (χ3n) is 2.53. The van der Waals surface area contributed by atoms with Gasteiger partial charge >= 0.3 is 0 Å². The van der Waals surface area contributed by atoms with Crippen LogP contribution in [-0.4, -0.2) is 28.9 Å². The Labute approximate surface area is 99.9 Å². The standard InChI is InChI=1S/C12H16N4O/c1-9-4-3-5-16-8-10(15-12(9)16)6-14-11(17)7-13-2/h3-5,8,13H,6-7H2,1-2H3,(H,14,17). The molecule has 90 valence electrons. The Balaban J connectivity index is 2.10. The number of amides is 1. The van der Waals surface area contributed by atoms with Gasteiger partial charge in [-0.25, -0.2) is 4.98 Å². The molecule has 5 nitrogen and oxygen atoms in total. The largest absolute Gasteiger partial charge is 0.349 e. The number of aromatic nitrogens is 2. The van der Waals surface area contributed by atoms with Crippen molar-refractivity contribution in [2.75, 3.05) is 13.6 Å². The maximum atomic E-state index is 11.3. The molecule has 0 aromatic carbocycles. The molecule has 5 heteroatoms. The Morgan fingerprint density at radius 3 is 3.06 bits per heavy atom. The lowest BCUT2D eigenvalue weighted by molar-refractivity contribution is -0.120. The highest BCUT2D eigenvalue weighted by atomic mass is 16.1. The van der Waals surface area contributed by atoms with E-state index in [1.54, 1.807) is 7.05 Å².